The molecule has 4 rings (SSSR count). The number of epoxide rings is 4. The van der Waals surface area contributed by atoms with Gasteiger partial charge >= 0.3 is 0 Å². The lowest BCUT2D eigenvalue weighted by atomic mass is 9.83. The van der Waals surface area contributed by atoms with Crippen molar-refractivity contribution < 1.29 is 18.9 Å². The molecular weight excluding hydrogens is 208 g/mol. The van der Waals surface area contributed by atoms with Gasteiger partial charge in [0.2, 0.25) is 0 Å². The van der Waals surface area contributed by atoms with Crippen LogP contribution >= 0.6 is 0 Å². The van der Waals surface area contributed by atoms with Crippen LogP contribution in [0.15, 0.2) is 0 Å². The van der Waals surface area contributed by atoms with Crippen molar-refractivity contribution in [2.45, 2.75) is 55.7 Å². The largest absolute Gasteiger partial charge is 0.373 e. The summed E-state index contributed by atoms with van der Waals surface area (Å²) in [6.07, 6.45) is 4.41. The summed E-state index contributed by atoms with van der Waals surface area (Å²) in [5.74, 6) is 0. The van der Waals surface area contributed by atoms with Crippen LogP contribution in [0.2, 0.25) is 0 Å². The minimum Gasteiger partial charge on any atom is -0.373 e. The molecule has 0 saturated carbocycles. The molecule has 0 bridgehead atoms. The van der Waals surface area contributed by atoms with E-state index in [0.29, 0.717) is 18.3 Å². The van der Waals surface area contributed by atoms with Crippen LogP contribution in [0.25, 0.3) is 0 Å². The van der Waals surface area contributed by atoms with E-state index in [-0.39, 0.29) is 11.2 Å². The number of rotatable bonds is 6. The lowest BCUT2D eigenvalue weighted by Gasteiger charge is -2.14. The number of hydrogen-bond donors (Lipinski definition) is 0. The molecule has 90 valence electrons. The van der Waals surface area contributed by atoms with Gasteiger partial charge in [-0.05, 0) is 6.92 Å². The summed E-state index contributed by atoms with van der Waals surface area (Å²) in [6, 6.07) is 0. The van der Waals surface area contributed by atoms with Crippen LogP contribution in [0.5, 0.6) is 0 Å². The Hall–Kier alpha value is -0.160. The summed E-state index contributed by atoms with van der Waals surface area (Å²) in [7, 11) is 0. The molecule has 4 fully saturated rings. The van der Waals surface area contributed by atoms with Crippen molar-refractivity contribution in [3.05, 3.63) is 0 Å². The maximum atomic E-state index is 6.10. The summed E-state index contributed by atoms with van der Waals surface area (Å²) < 4.78 is 22.1. The van der Waals surface area contributed by atoms with Crippen LogP contribution in [-0.2, 0) is 18.9 Å². The van der Waals surface area contributed by atoms with Crippen molar-refractivity contribution in [3.8, 4) is 0 Å². The van der Waals surface area contributed by atoms with Crippen LogP contribution in [0.4, 0.5) is 0 Å². The zero-order valence-corrected chi connectivity index (χ0v) is 9.61. The third kappa shape index (κ3) is 1.68. The van der Waals surface area contributed by atoms with E-state index in [2.05, 4.69) is 6.92 Å². The lowest BCUT2D eigenvalue weighted by molar-refractivity contribution is 0.216. The first kappa shape index (κ1) is 9.83. The molecule has 0 aromatic rings. The van der Waals surface area contributed by atoms with E-state index < -0.39 is 0 Å². The molecule has 16 heavy (non-hydrogen) atoms. The van der Waals surface area contributed by atoms with Gasteiger partial charge in [0.25, 0.3) is 0 Å². The first-order valence-corrected chi connectivity index (χ1v) is 6.24. The summed E-state index contributed by atoms with van der Waals surface area (Å²) in [5.41, 5.74) is 0.0212. The number of ether oxygens (including phenoxy) is 4. The summed E-state index contributed by atoms with van der Waals surface area (Å²) in [4.78, 5) is 0. The molecule has 4 heterocycles. The highest BCUT2D eigenvalue weighted by atomic mass is 16.6. The van der Waals surface area contributed by atoms with Gasteiger partial charge in [-0.25, -0.2) is 0 Å². The van der Waals surface area contributed by atoms with Gasteiger partial charge in [-0.15, -0.1) is 0 Å². The molecule has 0 amide bonds. The van der Waals surface area contributed by atoms with E-state index >= 15 is 0 Å². The van der Waals surface area contributed by atoms with E-state index in [9.17, 15) is 0 Å². The monoisotopic (exact) mass is 226 g/mol. The average Bonchev–Trinajstić information content (AvgIpc) is 3.02. The highest BCUT2D eigenvalue weighted by Gasteiger charge is 2.69. The topological polar surface area (TPSA) is 50.1 Å². The second-order valence-corrected chi connectivity index (χ2v) is 5.81. The predicted octanol–water partition coefficient (Wildman–Crippen LogP) is 0.881. The summed E-state index contributed by atoms with van der Waals surface area (Å²) >= 11 is 0. The fourth-order valence-electron chi connectivity index (χ4n) is 2.96. The Morgan fingerprint density at radius 1 is 0.875 bits per heavy atom. The highest BCUT2D eigenvalue weighted by Crippen LogP contribution is 2.59. The Morgan fingerprint density at radius 3 is 1.75 bits per heavy atom. The minimum atomic E-state index is 0.00602. The standard InChI is InChI=1S/C12H18O4/c1-11(2-8-5-13-8)12(16-11,3-9-6-14-9)4-10-7-15-10/h8-10H,2-7H2,1H3. The van der Waals surface area contributed by atoms with Gasteiger partial charge < -0.3 is 18.9 Å². The van der Waals surface area contributed by atoms with Crippen molar-refractivity contribution in [1.29, 1.82) is 0 Å². The molecule has 4 unspecified atom stereocenters. The molecule has 0 aromatic carbocycles. The zero-order chi connectivity index (χ0) is 10.8. The third-order valence-electron chi connectivity index (χ3n) is 4.28. The van der Waals surface area contributed by atoms with Crippen LogP contribution in [0.3, 0.4) is 0 Å². The quantitative estimate of drug-likeness (QED) is 0.631. The van der Waals surface area contributed by atoms with Crippen molar-refractivity contribution in [3.63, 3.8) is 0 Å². The smallest absolute Gasteiger partial charge is 0.103 e. The normalized spacial score (nSPS) is 57.2. The van der Waals surface area contributed by atoms with Crippen molar-refractivity contribution in [2.24, 2.45) is 0 Å². The zero-order valence-electron chi connectivity index (χ0n) is 9.61. The fourth-order valence-corrected chi connectivity index (χ4v) is 2.96. The van der Waals surface area contributed by atoms with Crippen molar-refractivity contribution in [2.75, 3.05) is 19.8 Å². The Kier molecular flexibility index (Phi) is 1.84. The molecule has 0 spiro atoms. The van der Waals surface area contributed by atoms with Crippen LogP contribution in [0, 0.1) is 0 Å². The van der Waals surface area contributed by atoms with E-state index in [1.165, 1.54) is 0 Å². The van der Waals surface area contributed by atoms with Crippen LogP contribution < -0.4 is 0 Å². The molecule has 4 atom stereocenters. The highest BCUT2D eigenvalue weighted by molar-refractivity contribution is 5.17. The maximum Gasteiger partial charge on any atom is 0.103 e. The Balaban J connectivity index is 1.45. The minimum absolute atomic E-state index is 0.00602. The van der Waals surface area contributed by atoms with Gasteiger partial charge in [-0.2, -0.15) is 0 Å². The Morgan fingerprint density at radius 2 is 1.31 bits per heavy atom. The van der Waals surface area contributed by atoms with Gasteiger partial charge in [-0.1, -0.05) is 0 Å². The van der Waals surface area contributed by atoms with Crippen LogP contribution in [0.1, 0.15) is 26.2 Å². The van der Waals surface area contributed by atoms with Gasteiger partial charge in [-0.3, -0.25) is 0 Å². The number of hydrogen-bond acceptors (Lipinski definition) is 4. The van der Waals surface area contributed by atoms with Gasteiger partial charge in [0, 0.05) is 19.3 Å². The predicted molar refractivity (Wildman–Crippen MR) is 55.3 cm³/mol. The molecule has 4 aliphatic rings. The fraction of sp³-hybridized carbons (Fsp3) is 1.00. The van der Waals surface area contributed by atoms with Crippen LogP contribution in [-0.4, -0.2) is 49.3 Å². The SMILES string of the molecule is CC1(CC2CO2)OC1(CC1CO1)CC1CO1. The first-order valence-electron chi connectivity index (χ1n) is 6.24. The van der Waals surface area contributed by atoms with E-state index in [1.807, 2.05) is 0 Å². The Bertz CT molecular complexity index is 292. The second-order valence-electron chi connectivity index (χ2n) is 5.81. The van der Waals surface area contributed by atoms with Crippen molar-refractivity contribution in [1.82, 2.24) is 0 Å². The van der Waals surface area contributed by atoms with Gasteiger partial charge in [0.1, 0.15) is 5.60 Å². The summed E-state index contributed by atoms with van der Waals surface area (Å²) in [6.45, 7) is 4.95. The second kappa shape index (κ2) is 2.99. The molecule has 0 aliphatic carbocycles. The van der Waals surface area contributed by atoms with E-state index in [0.717, 1.165) is 39.1 Å². The average molecular weight is 226 g/mol. The maximum absolute atomic E-state index is 6.10. The van der Waals surface area contributed by atoms with Crippen molar-refractivity contribution >= 4 is 0 Å². The molecule has 4 nitrogen and oxygen atoms in total. The van der Waals surface area contributed by atoms with Gasteiger partial charge in [0.15, 0.2) is 0 Å². The summed E-state index contributed by atoms with van der Waals surface area (Å²) in [5, 5.41) is 0. The lowest BCUT2D eigenvalue weighted by Crippen LogP contribution is -2.28. The molecule has 4 saturated heterocycles. The molecule has 4 heteroatoms. The molecule has 4 aliphatic heterocycles. The molecular formula is C12H18O4. The van der Waals surface area contributed by atoms with Gasteiger partial charge in [0.05, 0.1) is 43.7 Å². The molecule has 0 radical (unpaired) electrons. The van der Waals surface area contributed by atoms with E-state index in [1.54, 1.807) is 0 Å². The molecule has 0 N–H and O–H groups in total. The Labute approximate surface area is 95.2 Å². The van der Waals surface area contributed by atoms with E-state index in [4.69, 9.17) is 18.9 Å². The first-order chi connectivity index (χ1) is 7.69. The third-order valence-corrected chi connectivity index (χ3v) is 4.28. The molecule has 0 aromatic heterocycles.